The fourth-order valence-corrected chi connectivity index (χ4v) is 3.89. The second-order valence-corrected chi connectivity index (χ2v) is 7.27. The van der Waals surface area contributed by atoms with Crippen molar-refractivity contribution in [2.45, 2.75) is 5.60 Å². The van der Waals surface area contributed by atoms with Crippen molar-refractivity contribution in [3.05, 3.63) is 86.8 Å². The highest BCUT2D eigenvalue weighted by Crippen LogP contribution is 2.32. The van der Waals surface area contributed by atoms with Crippen molar-refractivity contribution in [3.8, 4) is 5.75 Å². The summed E-state index contributed by atoms with van der Waals surface area (Å²) in [4.78, 5) is 25.7. The average molecular weight is 411 g/mol. The number of fused-ring (bicyclic) bond motifs is 1. The van der Waals surface area contributed by atoms with Crippen LogP contribution >= 0.6 is 11.3 Å². The van der Waals surface area contributed by atoms with Crippen molar-refractivity contribution in [1.29, 1.82) is 0 Å². The Labute approximate surface area is 169 Å². The van der Waals surface area contributed by atoms with Crippen LogP contribution in [0.3, 0.4) is 0 Å². The van der Waals surface area contributed by atoms with Gasteiger partial charge in [-0.05, 0) is 35.7 Å². The van der Waals surface area contributed by atoms with Gasteiger partial charge in [0.2, 0.25) is 0 Å². The van der Waals surface area contributed by atoms with Gasteiger partial charge in [0.25, 0.3) is 5.91 Å². The van der Waals surface area contributed by atoms with Gasteiger partial charge >= 0.3 is 5.63 Å². The van der Waals surface area contributed by atoms with E-state index in [1.165, 1.54) is 30.8 Å². The lowest BCUT2D eigenvalue weighted by Gasteiger charge is -2.25. The van der Waals surface area contributed by atoms with Crippen LogP contribution in [0.5, 0.6) is 5.75 Å². The van der Waals surface area contributed by atoms with Crippen LogP contribution in [0.15, 0.2) is 73.8 Å². The Balaban J connectivity index is 1.64. The van der Waals surface area contributed by atoms with Crippen LogP contribution in [0.4, 0.5) is 0 Å². The van der Waals surface area contributed by atoms with E-state index < -0.39 is 17.1 Å². The van der Waals surface area contributed by atoms with E-state index in [9.17, 15) is 14.7 Å². The van der Waals surface area contributed by atoms with Crippen molar-refractivity contribution in [2.24, 2.45) is 0 Å². The first-order valence-corrected chi connectivity index (χ1v) is 9.60. The van der Waals surface area contributed by atoms with E-state index in [4.69, 9.17) is 13.6 Å². The summed E-state index contributed by atoms with van der Waals surface area (Å²) < 4.78 is 15.9. The van der Waals surface area contributed by atoms with Gasteiger partial charge in [-0.15, -0.1) is 11.3 Å². The minimum Gasteiger partial charge on any atom is -0.493 e. The molecule has 0 aliphatic carbocycles. The Kier molecular flexibility index (Phi) is 4.96. The molecule has 8 heteroatoms. The molecular formula is C21H17NO6S. The van der Waals surface area contributed by atoms with Crippen molar-refractivity contribution in [2.75, 3.05) is 13.7 Å². The minimum absolute atomic E-state index is 0.168. The van der Waals surface area contributed by atoms with Crippen molar-refractivity contribution >= 4 is 28.2 Å². The van der Waals surface area contributed by atoms with Gasteiger partial charge in [0.15, 0.2) is 16.9 Å². The molecule has 0 aliphatic heterocycles. The maximum absolute atomic E-state index is 12.7. The van der Waals surface area contributed by atoms with Crippen LogP contribution in [0.2, 0.25) is 0 Å². The molecule has 3 aromatic heterocycles. The van der Waals surface area contributed by atoms with Crippen molar-refractivity contribution < 1.29 is 23.5 Å². The van der Waals surface area contributed by atoms with Gasteiger partial charge in [-0.3, -0.25) is 4.79 Å². The summed E-state index contributed by atoms with van der Waals surface area (Å²) in [6.45, 7) is -0.185. The molecule has 1 aromatic carbocycles. The van der Waals surface area contributed by atoms with Gasteiger partial charge < -0.3 is 24.0 Å². The number of amides is 1. The third-order valence-electron chi connectivity index (χ3n) is 4.55. The zero-order chi connectivity index (χ0) is 20.4. The second-order valence-electron chi connectivity index (χ2n) is 6.32. The monoisotopic (exact) mass is 411 g/mol. The van der Waals surface area contributed by atoms with Gasteiger partial charge in [0, 0.05) is 10.3 Å². The third-order valence-corrected chi connectivity index (χ3v) is 5.57. The highest BCUT2D eigenvalue weighted by atomic mass is 32.1. The predicted octanol–water partition coefficient (Wildman–Crippen LogP) is 3.12. The van der Waals surface area contributed by atoms with E-state index in [2.05, 4.69) is 5.32 Å². The van der Waals surface area contributed by atoms with E-state index >= 15 is 0 Å². The Morgan fingerprint density at radius 1 is 1.24 bits per heavy atom. The number of carbonyl (C=O) groups is 1. The molecule has 0 bridgehead atoms. The molecule has 2 N–H and O–H groups in total. The Morgan fingerprint density at radius 3 is 2.79 bits per heavy atom. The molecule has 1 amide bonds. The number of hydrogen-bond donors (Lipinski definition) is 2. The van der Waals surface area contributed by atoms with Gasteiger partial charge in [-0.25, -0.2) is 4.79 Å². The highest BCUT2D eigenvalue weighted by molar-refractivity contribution is 7.10. The number of benzene rings is 1. The normalized spacial score (nSPS) is 13.2. The number of thiophene rings is 1. The minimum atomic E-state index is -1.56. The lowest BCUT2D eigenvalue weighted by molar-refractivity contribution is 0.0553. The first-order chi connectivity index (χ1) is 14.0. The van der Waals surface area contributed by atoms with Crippen LogP contribution in [0, 0.1) is 0 Å². The van der Waals surface area contributed by atoms with Crippen LogP contribution in [0.1, 0.15) is 21.0 Å². The molecule has 0 spiro atoms. The maximum atomic E-state index is 12.7. The van der Waals surface area contributed by atoms with Gasteiger partial charge in [0.05, 0.1) is 19.9 Å². The van der Waals surface area contributed by atoms with E-state index in [1.807, 2.05) is 5.38 Å². The molecule has 1 unspecified atom stereocenters. The topological polar surface area (TPSA) is 102 Å². The number of methoxy groups -OCH3 is 1. The Bertz CT molecular complexity index is 1160. The smallest absolute Gasteiger partial charge is 0.349 e. The first kappa shape index (κ1) is 19.0. The summed E-state index contributed by atoms with van der Waals surface area (Å²) in [6.07, 6.45) is 1.45. The number of nitrogens with one attached hydrogen (secondary N) is 1. The number of hydrogen-bond acceptors (Lipinski definition) is 7. The first-order valence-electron chi connectivity index (χ1n) is 8.72. The molecule has 4 aromatic rings. The fourth-order valence-electron chi connectivity index (χ4n) is 3.06. The predicted molar refractivity (Wildman–Crippen MR) is 107 cm³/mol. The van der Waals surface area contributed by atoms with E-state index in [-0.39, 0.29) is 23.5 Å². The summed E-state index contributed by atoms with van der Waals surface area (Å²) in [5.41, 5.74) is -2.26. The van der Waals surface area contributed by atoms with Gasteiger partial charge in [-0.1, -0.05) is 18.2 Å². The summed E-state index contributed by atoms with van der Waals surface area (Å²) >= 11 is 1.33. The van der Waals surface area contributed by atoms with E-state index in [0.29, 0.717) is 16.0 Å². The molecule has 0 saturated carbocycles. The van der Waals surface area contributed by atoms with Crippen LogP contribution in [-0.2, 0) is 5.60 Å². The van der Waals surface area contributed by atoms with Crippen LogP contribution in [-0.4, -0.2) is 24.7 Å². The molecule has 29 heavy (non-hydrogen) atoms. The second kappa shape index (κ2) is 7.57. The number of aliphatic hydroxyl groups is 1. The van der Waals surface area contributed by atoms with Crippen molar-refractivity contribution in [3.63, 3.8) is 0 Å². The number of furan rings is 1. The molecular weight excluding hydrogens is 394 g/mol. The maximum Gasteiger partial charge on any atom is 0.349 e. The number of ether oxygens (including phenoxy) is 1. The summed E-state index contributed by atoms with van der Waals surface area (Å²) in [6, 6.07) is 13.4. The number of carbonyl (C=O) groups excluding carboxylic acids is 1. The molecule has 148 valence electrons. The zero-order valence-electron chi connectivity index (χ0n) is 15.4. The quantitative estimate of drug-likeness (QED) is 0.473. The summed E-state index contributed by atoms with van der Waals surface area (Å²) in [7, 11) is 1.47. The Hall–Kier alpha value is -3.36. The average Bonchev–Trinajstić information content (AvgIpc) is 3.45. The van der Waals surface area contributed by atoms with Gasteiger partial charge in [-0.2, -0.15) is 0 Å². The van der Waals surface area contributed by atoms with E-state index in [1.54, 1.807) is 42.5 Å². The van der Waals surface area contributed by atoms with Gasteiger partial charge in [0.1, 0.15) is 11.3 Å². The third kappa shape index (κ3) is 3.43. The molecule has 0 saturated heterocycles. The van der Waals surface area contributed by atoms with E-state index in [0.717, 1.165) is 0 Å². The summed E-state index contributed by atoms with van der Waals surface area (Å²) in [5, 5.41) is 16.2. The fraction of sp³-hybridized carbons (Fsp3) is 0.143. The van der Waals surface area contributed by atoms with Crippen LogP contribution in [0.25, 0.3) is 11.0 Å². The highest BCUT2D eigenvalue weighted by Gasteiger charge is 2.36. The molecule has 0 fully saturated rings. The largest absolute Gasteiger partial charge is 0.493 e. The SMILES string of the molecule is COc1cccc2cc(C(=O)NCC(O)(c3ccco3)c3cccs3)c(=O)oc12. The molecule has 0 aliphatic rings. The Morgan fingerprint density at radius 2 is 2.10 bits per heavy atom. The molecule has 4 rings (SSSR count). The summed E-state index contributed by atoms with van der Waals surface area (Å²) in [5.74, 6) is 0.0250. The van der Waals surface area contributed by atoms with Crippen LogP contribution < -0.4 is 15.7 Å². The standard InChI is InChI=1S/C21H17NO6S/c1-26-15-6-2-5-13-11-14(20(24)28-18(13)15)19(23)22-12-21(25,16-7-3-9-27-16)17-8-4-10-29-17/h2-11,25H,12H2,1H3,(H,22,23). The molecule has 7 nitrogen and oxygen atoms in total. The number of para-hydroxylation sites is 1. The van der Waals surface area contributed by atoms with Crippen molar-refractivity contribution in [1.82, 2.24) is 5.32 Å². The lowest BCUT2D eigenvalue weighted by atomic mass is 9.98. The molecule has 0 radical (unpaired) electrons. The number of rotatable bonds is 6. The lowest BCUT2D eigenvalue weighted by Crippen LogP contribution is -2.42. The zero-order valence-corrected chi connectivity index (χ0v) is 16.2. The molecule has 1 atom stereocenters. The molecule has 3 heterocycles.